The van der Waals surface area contributed by atoms with Gasteiger partial charge in [-0.15, -0.1) is 0 Å². The molecular formula is C18H24N4O4S. The van der Waals surface area contributed by atoms with Crippen molar-refractivity contribution in [3.63, 3.8) is 0 Å². The minimum Gasteiger partial charge on any atom is -0.352 e. The Morgan fingerprint density at radius 2 is 2.15 bits per heavy atom. The van der Waals surface area contributed by atoms with Crippen molar-refractivity contribution in [2.75, 3.05) is 25.9 Å². The molecule has 0 atom stereocenters. The third-order valence-corrected chi connectivity index (χ3v) is 6.15. The molecule has 9 heteroatoms. The van der Waals surface area contributed by atoms with Crippen LogP contribution in [0, 0.1) is 0 Å². The molecule has 2 heterocycles. The molecule has 146 valence electrons. The number of aryl methyl sites for hydroxylation is 1. The smallest absolute Gasteiger partial charge is 0.261 e. The molecule has 0 saturated carbocycles. The zero-order chi connectivity index (χ0) is 19.6. The van der Waals surface area contributed by atoms with Crippen LogP contribution in [0.25, 0.3) is 10.9 Å². The predicted octanol–water partition coefficient (Wildman–Crippen LogP) is 0.744. The van der Waals surface area contributed by atoms with Gasteiger partial charge in [-0.2, -0.15) is 0 Å². The summed E-state index contributed by atoms with van der Waals surface area (Å²) in [5, 5.41) is 3.31. The molecule has 0 radical (unpaired) electrons. The van der Waals surface area contributed by atoms with E-state index in [1.54, 1.807) is 29.7 Å². The maximum absolute atomic E-state index is 12.5. The summed E-state index contributed by atoms with van der Waals surface area (Å²) in [5.74, 6) is 0.507. The second kappa shape index (κ2) is 7.77. The molecule has 8 nitrogen and oxygen atoms in total. The Kier molecular flexibility index (Phi) is 5.61. The molecule has 1 aliphatic heterocycles. The van der Waals surface area contributed by atoms with Gasteiger partial charge in [-0.3, -0.25) is 14.2 Å². The first-order valence-electron chi connectivity index (χ1n) is 9.08. The molecule has 0 unspecified atom stereocenters. The van der Waals surface area contributed by atoms with Gasteiger partial charge >= 0.3 is 0 Å². The molecule has 27 heavy (non-hydrogen) atoms. The van der Waals surface area contributed by atoms with Crippen LogP contribution in [0.1, 0.15) is 35.9 Å². The van der Waals surface area contributed by atoms with Crippen LogP contribution in [0.2, 0.25) is 0 Å². The van der Waals surface area contributed by atoms with Gasteiger partial charge in [0, 0.05) is 38.2 Å². The van der Waals surface area contributed by atoms with E-state index in [0.29, 0.717) is 49.1 Å². The van der Waals surface area contributed by atoms with E-state index in [2.05, 4.69) is 10.3 Å². The van der Waals surface area contributed by atoms with Gasteiger partial charge in [0.05, 0.1) is 17.2 Å². The number of sulfonamides is 1. The molecule has 1 aromatic carbocycles. The largest absolute Gasteiger partial charge is 0.352 e. The maximum atomic E-state index is 12.5. The summed E-state index contributed by atoms with van der Waals surface area (Å²) in [7, 11) is -3.22. The summed E-state index contributed by atoms with van der Waals surface area (Å²) in [6.07, 6.45) is 3.38. The van der Waals surface area contributed by atoms with Crippen LogP contribution >= 0.6 is 0 Å². The number of nitrogens with one attached hydrogen (secondary N) is 1. The van der Waals surface area contributed by atoms with E-state index in [9.17, 15) is 18.0 Å². The van der Waals surface area contributed by atoms with E-state index < -0.39 is 10.0 Å². The molecule has 0 saturated heterocycles. The van der Waals surface area contributed by atoms with Crippen LogP contribution in [0.5, 0.6) is 0 Å². The fraction of sp³-hybridized carbons (Fsp3) is 0.500. The number of carbonyl (C=O) groups is 1. The molecule has 0 aliphatic carbocycles. The summed E-state index contributed by atoms with van der Waals surface area (Å²) in [6, 6.07) is 4.91. The third-order valence-electron chi connectivity index (χ3n) is 4.77. The molecule has 3 rings (SSSR count). The van der Waals surface area contributed by atoms with Crippen molar-refractivity contribution in [1.29, 1.82) is 0 Å². The Labute approximate surface area is 158 Å². The molecular weight excluding hydrogens is 368 g/mol. The minimum atomic E-state index is -3.22. The lowest BCUT2D eigenvalue weighted by molar-refractivity contribution is 0.0953. The Morgan fingerprint density at radius 1 is 1.37 bits per heavy atom. The summed E-state index contributed by atoms with van der Waals surface area (Å²) in [4.78, 5) is 29.3. The number of nitrogens with zero attached hydrogens (tertiary/aromatic N) is 3. The highest BCUT2D eigenvalue weighted by molar-refractivity contribution is 7.88. The number of fused-ring (bicyclic) bond motifs is 2. The van der Waals surface area contributed by atoms with Crippen LogP contribution in [-0.4, -0.2) is 54.1 Å². The number of amides is 1. The van der Waals surface area contributed by atoms with E-state index >= 15 is 0 Å². The lowest BCUT2D eigenvalue weighted by atomic mass is 10.1. The van der Waals surface area contributed by atoms with Crippen molar-refractivity contribution < 1.29 is 13.2 Å². The number of benzene rings is 1. The standard InChI is InChI=1S/C18H24N4O4S/c1-3-21(27(2,25)26)10-5-9-19-17(23)13-7-8-14-15(12-13)20-16-6-4-11-22(16)18(14)24/h7-8,12H,3-6,9-11H2,1-2H3,(H,19,23). The molecule has 1 aliphatic rings. The first-order valence-corrected chi connectivity index (χ1v) is 10.9. The van der Waals surface area contributed by atoms with Crippen LogP contribution in [0.4, 0.5) is 0 Å². The normalized spacial score (nSPS) is 13.9. The lowest BCUT2D eigenvalue weighted by Gasteiger charge is -2.17. The van der Waals surface area contributed by atoms with Crippen molar-refractivity contribution in [3.8, 4) is 0 Å². The highest BCUT2D eigenvalue weighted by Gasteiger charge is 2.17. The van der Waals surface area contributed by atoms with Crippen molar-refractivity contribution >= 4 is 26.8 Å². The van der Waals surface area contributed by atoms with Crippen LogP contribution < -0.4 is 10.9 Å². The molecule has 0 spiro atoms. The van der Waals surface area contributed by atoms with E-state index in [-0.39, 0.29) is 11.5 Å². The van der Waals surface area contributed by atoms with Gasteiger partial charge in [0.2, 0.25) is 10.0 Å². The molecule has 1 amide bonds. The number of aromatic nitrogens is 2. The van der Waals surface area contributed by atoms with E-state index in [0.717, 1.165) is 18.7 Å². The molecule has 1 N–H and O–H groups in total. The van der Waals surface area contributed by atoms with Gasteiger partial charge in [-0.1, -0.05) is 6.92 Å². The van der Waals surface area contributed by atoms with Gasteiger partial charge in [0.1, 0.15) is 5.82 Å². The summed E-state index contributed by atoms with van der Waals surface area (Å²) in [6.45, 7) is 3.60. The zero-order valence-electron chi connectivity index (χ0n) is 15.6. The first kappa shape index (κ1) is 19.5. The fourth-order valence-electron chi connectivity index (χ4n) is 3.34. The van der Waals surface area contributed by atoms with Crippen LogP contribution in [-0.2, 0) is 23.0 Å². The van der Waals surface area contributed by atoms with E-state index in [4.69, 9.17) is 0 Å². The summed E-state index contributed by atoms with van der Waals surface area (Å²) >= 11 is 0. The highest BCUT2D eigenvalue weighted by atomic mass is 32.2. The first-order chi connectivity index (χ1) is 12.8. The van der Waals surface area contributed by atoms with Crippen molar-refractivity contribution in [2.45, 2.75) is 32.7 Å². The second-order valence-corrected chi connectivity index (χ2v) is 8.67. The van der Waals surface area contributed by atoms with Gasteiger partial charge in [-0.25, -0.2) is 17.7 Å². The minimum absolute atomic E-state index is 0.0557. The lowest BCUT2D eigenvalue weighted by Crippen LogP contribution is -2.33. The third kappa shape index (κ3) is 4.19. The van der Waals surface area contributed by atoms with Crippen LogP contribution in [0.15, 0.2) is 23.0 Å². The number of carbonyl (C=O) groups excluding carboxylic acids is 1. The van der Waals surface area contributed by atoms with E-state index in [1.807, 2.05) is 0 Å². The molecule has 0 fully saturated rings. The predicted molar refractivity (Wildman–Crippen MR) is 103 cm³/mol. The molecule has 2 aromatic rings. The van der Waals surface area contributed by atoms with Gasteiger partial charge in [-0.05, 0) is 31.0 Å². The Morgan fingerprint density at radius 3 is 2.85 bits per heavy atom. The highest BCUT2D eigenvalue weighted by Crippen LogP contribution is 2.16. The maximum Gasteiger partial charge on any atom is 0.261 e. The zero-order valence-corrected chi connectivity index (χ0v) is 16.4. The summed E-state index contributed by atoms with van der Waals surface area (Å²) < 4.78 is 26.2. The topological polar surface area (TPSA) is 101 Å². The van der Waals surface area contributed by atoms with Crippen LogP contribution in [0.3, 0.4) is 0 Å². The van der Waals surface area contributed by atoms with E-state index in [1.165, 1.54) is 10.6 Å². The van der Waals surface area contributed by atoms with Gasteiger partial charge in [0.25, 0.3) is 11.5 Å². The molecule has 0 bridgehead atoms. The Bertz CT molecular complexity index is 1030. The average molecular weight is 392 g/mol. The number of hydrogen-bond acceptors (Lipinski definition) is 5. The SMILES string of the molecule is CCN(CCCNC(=O)c1ccc2c(=O)n3c(nc2c1)CCC3)S(C)(=O)=O. The number of hydrogen-bond donors (Lipinski definition) is 1. The summed E-state index contributed by atoms with van der Waals surface area (Å²) in [5.41, 5.74) is 0.919. The average Bonchev–Trinajstić information content (AvgIpc) is 3.08. The fourth-order valence-corrected chi connectivity index (χ4v) is 4.27. The Hall–Kier alpha value is -2.26. The van der Waals surface area contributed by atoms with Crippen molar-refractivity contribution in [3.05, 3.63) is 39.9 Å². The Balaban J connectivity index is 1.66. The number of rotatable bonds is 7. The quantitative estimate of drug-likeness (QED) is 0.701. The van der Waals surface area contributed by atoms with Crippen molar-refractivity contribution in [1.82, 2.24) is 19.2 Å². The van der Waals surface area contributed by atoms with Gasteiger partial charge < -0.3 is 5.32 Å². The second-order valence-electron chi connectivity index (χ2n) is 6.68. The molecule has 1 aromatic heterocycles. The van der Waals surface area contributed by atoms with Crippen molar-refractivity contribution in [2.24, 2.45) is 0 Å². The monoisotopic (exact) mass is 392 g/mol. The van der Waals surface area contributed by atoms with Gasteiger partial charge in [0.15, 0.2) is 0 Å².